The molecule has 2 aromatic heterocycles. The van der Waals surface area contributed by atoms with Crippen LogP contribution in [-0.2, 0) is 22.4 Å². The minimum Gasteiger partial charge on any atom is -0.469 e. The van der Waals surface area contributed by atoms with Gasteiger partial charge < -0.3 is 4.74 Å². The van der Waals surface area contributed by atoms with E-state index >= 15 is 0 Å². The van der Waals surface area contributed by atoms with Crippen LogP contribution in [0, 0.1) is 6.92 Å². The number of ether oxygens (including phenoxy) is 1. The smallest absolute Gasteiger partial charge is 0.313 e. The van der Waals surface area contributed by atoms with E-state index in [-0.39, 0.29) is 11.9 Å². The maximum absolute atomic E-state index is 12.8. The normalized spacial score (nSPS) is 14.6. The summed E-state index contributed by atoms with van der Waals surface area (Å²) in [4.78, 5) is 20.3. The molecule has 152 valence electrons. The second kappa shape index (κ2) is 8.45. The summed E-state index contributed by atoms with van der Waals surface area (Å²) in [6, 6.07) is 7.97. The van der Waals surface area contributed by atoms with E-state index in [4.69, 9.17) is 21.3 Å². The quantitative estimate of drug-likeness (QED) is 0.417. The van der Waals surface area contributed by atoms with Gasteiger partial charge in [-0.05, 0) is 73.4 Å². The van der Waals surface area contributed by atoms with Crippen molar-refractivity contribution in [3.63, 3.8) is 0 Å². The molecule has 3 nitrogen and oxygen atoms in total. The first-order valence-electron chi connectivity index (χ1n) is 10.3. The number of halogens is 1. The van der Waals surface area contributed by atoms with Crippen molar-refractivity contribution in [2.45, 2.75) is 58.3 Å². The highest BCUT2D eigenvalue weighted by Crippen LogP contribution is 2.45. The number of benzene rings is 1. The zero-order valence-electron chi connectivity index (χ0n) is 17.2. The molecular formula is C24H26ClNO2S. The number of methoxy groups -OCH3 is 1. The molecule has 0 spiro atoms. The maximum Gasteiger partial charge on any atom is 0.313 e. The molecule has 4 rings (SSSR count). The van der Waals surface area contributed by atoms with E-state index in [0.29, 0.717) is 5.02 Å². The monoisotopic (exact) mass is 427 g/mol. The van der Waals surface area contributed by atoms with Gasteiger partial charge >= 0.3 is 5.97 Å². The summed E-state index contributed by atoms with van der Waals surface area (Å²) in [5.74, 6) is -0.498. The van der Waals surface area contributed by atoms with Crippen molar-refractivity contribution in [2.75, 3.05) is 7.11 Å². The number of fused-ring (bicyclic) bond motifs is 3. The number of hydrogen-bond acceptors (Lipinski definition) is 4. The highest BCUT2D eigenvalue weighted by molar-refractivity contribution is 7.19. The van der Waals surface area contributed by atoms with Gasteiger partial charge in [0, 0.05) is 21.0 Å². The van der Waals surface area contributed by atoms with Crippen molar-refractivity contribution >= 4 is 39.1 Å². The largest absolute Gasteiger partial charge is 0.469 e. The van der Waals surface area contributed by atoms with Crippen molar-refractivity contribution in [3.05, 3.63) is 51.0 Å². The van der Waals surface area contributed by atoms with Crippen molar-refractivity contribution < 1.29 is 9.53 Å². The van der Waals surface area contributed by atoms with Crippen LogP contribution in [0.25, 0.3) is 21.3 Å². The number of rotatable bonds is 5. The topological polar surface area (TPSA) is 39.2 Å². The first-order valence-corrected chi connectivity index (χ1v) is 11.5. The van der Waals surface area contributed by atoms with Crippen molar-refractivity contribution in [1.82, 2.24) is 4.98 Å². The number of hydrogen-bond donors (Lipinski definition) is 0. The molecule has 1 atom stereocenters. The average Bonchev–Trinajstić information content (AvgIpc) is 3.09. The fourth-order valence-corrected chi connectivity index (χ4v) is 6.01. The number of pyridine rings is 1. The molecular weight excluding hydrogens is 402 g/mol. The Labute approximate surface area is 181 Å². The van der Waals surface area contributed by atoms with Crippen LogP contribution in [0.4, 0.5) is 0 Å². The number of nitrogens with zero attached hydrogens (tertiary/aromatic N) is 1. The van der Waals surface area contributed by atoms with E-state index in [1.807, 2.05) is 30.4 Å². The van der Waals surface area contributed by atoms with Gasteiger partial charge in [0.2, 0.25) is 0 Å². The molecule has 0 radical (unpaired) electrons. The molecule has 1 aliphatic rings. The van der Waals surface area contributed by atoms with Gasteiger partial charge in [-0.25, -0.2) is 4.98 Å². The van der Waals surface area contributed by atoms with E-state index in [2.05, 4.69) is 19.1 Å². The predicted molar refractivity (Wildman–Crippen MR) is 121 cm³/mol. The maximum atomic E-state index is 12.8. The number of aryl methyl sites for hydroxylation is 3. The standard InChI is InChI=1S/C24H26ClNO2S/c1-4-7-18(24(27)28-3)20-14(2)26-23-22(17-8-5-6-9-19(17)29-23)21(20)15-10-12-16(25)13-11-15/h10-13,18H,4-9H2,1-3H3. The van der Waals surface area contributed by atoms with Gasteiger partial charge in [0.1, 0.15) is 4.83 Å². The molecule has 0 amide bonds. The van der Waals surface area contributed by atoms with E-state index in [9.17, 15) is 4.79 Å². The number of carbonyl (C=O) groups excluding carboxylic acids is 1. The number of esters is 1. The van der Waals surface area contributed by atoms with Crippen LogP contribution >= 0.6 is 22.9 Å². The molecule has 0 saturated heterocycles. The number of thiophene rings is 1. The van der Waals surface area contributed by atoms with Gasteiger partial charge in [0.15, 0.2) is 0 Å². The summed E-state index contributed by atoms with van der Waals surface area (Å²) >= 11 is 8.00. The Hall–Kier alpha value is -1.91. The Bertz CT molecular complexity index is 1060. The lowest BCUT2D eigenvalue weighted by Gasteiger charge is -2.22. The second-order valence-corrected chi connectivity index (χ2v) is 9.27. The highest BCUT2D eigenvalue weighted by atomic mass is 35.5. The fraction of sp³-hybridized carbons (Fsp3) is 0.417. The van der Waals surface area contributed by atoms with Crippen LogP contribution in [0.1, 0.15) is 60.2 Å². The van der Waals surface area contributed by atoms with Crippen molar-refractivity contribution in [2.24, 2.45) is 0 Å². The molecule has 2 heterocycles. The predicted octanol–water partition coefficient (Wildman–Crippen LogP) is 6.86. The molecule has 0 N–H and O–H groups in total. The lowest BCUT2D eigenvalue weighted by Crippen LogP contribution is -2.17. The van der Waals surface area contributed by atoms with Crippen LogP contribution in [0.3, 0.4) is 0 Å². The van der Waals surface area contributed by atoms with Crippen molar-refractivity contribution in [3.8, 4) is 11.1 Å². The summed E-state index contributed by atoms with van der Waals surface area (Å²) < 4.78 is 5.21. The highest BCUT2D eigenvalue weighted by Gasteiger charge is 2.30. The third-order valence-electron chi connectivity index (χ3n) is 5.88. The van der Waals surface area contributed by atoms with Gasteiger partial charge in [0.25, 0.3) is 0 Å². The Kier molecular flexibility index (Phi) is 5.93. The van der Waals surface area contributed by atoms with E-state index in [1.165, 1.54) is 35.8 Å². The average molecular weight is 428 g/mol. The van der Waals surface area contributed by atoms with Crippen LogP contribution in [-0.4, -0.2) is 18.1 Å². The van der Waals surface area contributed by atoms with Crippen molar-refractivity contribution in [1.29, 1.82) is 0 Å². The third kappa shape index (κ3) is 3.69. The van der Waals surface area contributed by atoms with Crippen LogP contribution in [0.15, 0.2) is 24.3 Å². The summed E-state index contributed by atoms with van der Waals surface area (Å²) in [7, 11) is 1.47. The lowest BCUT2D eigenvalue weighted by atomic mass is 9.83. The van der Waals surface area contributed by atoms with E-state index < -0.39 is 0 Å². The molecule has 0 aliphatic heterocycles. The Morgan fingerprint density at radius 1 is 1.24 bits per heavy atom. The first kappa shape index (κ1) is 20.4. The van der Waals surface area contributed by atoms with Crippen LogP contribution in [0.5, 0.6) is 0 Å². The summed E-state index contributed by atoms with van der Waals surface area (Å²) in [5.41, 5.74) is 5.60. The van der Waals surface area contributed by atoms with Crippen LogP contribution in [0.2, 0.25) is 5.02 Å². The molecule has 1 aliphatic carbocycles. The molecule has 3 aromatic rings. The minimum atomic E-state index is -0.313. The molecule has 5 heteroatoms. The van der Waals surface area contributed by atoms with Gasteiger partial charge in [-0.3, -0.25) is 4.79 Å². The van der Waals surface area contributed by atoms with Crippen LogP contribution < -0.4 is 0 Å². The molecule has 1 aromatic carbocycles. The summed E-state index contributed by atoms with van der Waals surface area (Å²) in [6.45, 7) is 4.13. The zero-order chi connectivity index (χ0) is 20.5. The summed E-state index contributed by atoms with van der Waals surface area (Å²) in [5, 5.41) is 1.94. The zero-order valence-corrected chi connectivity index (χ0v) is 18.8. The van der Waals surface area contributed by atoms with E-state index in [0.717, 1.165) is 52.9 Å². The molecule has 0 bridgehead atoms. The molecule has 0 fully saturated rings. The Morgan fingerprint density at radius 3 is 2.66 bits per heavy atom. The summed E-state index contributed by atoms with van der Waals surface area (Å²) in [6.07, 6.45) is 6.30. The molecule has 0 saturated carbocycles. The fourth-order valence-electron chi connectivity index (χ4n) is 4.57. The Morgan fingerprint density at radius 2 is 1.97 bits per heavy atom. The molecule has 1 unspecified atom stereocenters. The second-order valence-electron chi connectivity index (χ2n) is 7.75. The minimum absolute atomic E-state index is 0.185. The van der Waals surface area contributed by atoms with E-state index in [1.54, 1.807) is 0 Å². The van der Waals surface area contributed by atoms with Gasteiger partial charge in [-0.2, -0.15) is 0 Å². The lowest BCUT2D eigenvalue weighted by molar-refractivity contribution is -0.142. The van der Waals surface area contributed by atoms with Gasteiger partial charge in [-0.15, -0.1) is 11.3 Å². The SMILES string of the molecule is CCCC(C(=O)OC)c1c(C)nc2sc3c(c2c1-c1ccc(Cl)cc1)CCCC3. The Balaban J connectivity index is 2.08. The third-order valence-corrected chi connectivity index (χ3v) is 7.31. The van der Waals surface area contributed by atoms with Gasteiger partial charge in [0.05, 0.1) is 13.0 Å². The first-order chi connectivity index (χ1) is 14.0. The number of aromatic nitrogens is 1. The van der Waals surface area contributed by atoms with Gasteiger partial charge in [-0.1, -0.05) is 37.1 Å². The molecule has 29 heavy (non-hydrogen) atoms. The number of carbonyl (C=O) groups is 1.